The van der Waals surface area contributed by atoms with Crippen molar-refractivity contribution in [2.75, 3.05) is 18.5 Å². The molecule has 0 saturated heterocycles. The number of hydrogen-bond acceptors (Lipinski definition) is 7. The molecule has 0 aliphatic carbocycles. The maximum Gasteiger partial charge on any atom is 0.321 e. The number of aryl methyl sites for hydroxylation is 3. The molecule has 0 fully saturated rings. The second-order valence-electron chi connectivity index (χ2n) is 5.74. The molecular formula is C17H21N3O6S. The molecule has 1 aromatic heterocycles. The van der Waals surface area contributed by atoms with Crippen molar-refractivity contribution in [1.82, 2.24) is 9.88 Å². The van der Waals surface area contributed by atoms with Gasteiger partial charge < -0.3 is 14.6 Å². The van der Waals surface area contributed by atoms with E-state index in [9.17, 15) is 18.0 Å². The predicted octanol–water partition coefficient (Wildman–Crippen LogP) is 1.31. The quantitative estimate of drug-likeness (QED) is 0.645. The highest BCUT2D eigenvalue weighted by molar-refractivity contribution is 7.89. The number of amides is 1. The Hall–Kier alpha value is -2.72. The molecule has 0 spiro atoms. The molecule has 0 radical (unpaired) electrons. The number of nitrogens with zero attached hydrogens (tertiary/aromatic N) is 1. The van der Waals surface area contributed by atoms with Gasteiger partial charge in [-0.1, -0.05) is 24.2 Å². The van der Waals surface area contributed by atoms with Crippen LogP contribution in [-0.2, 0) is 30.8 Å². The molecule has 2 aromatic rings. The third kappa shape index (κ3) is 5.63. The van der Waals surface area contributed by atoms with Crippen molar-refractivity contribution < 1.29 is 27.3 Å². The van der Waals surface area contributed by atoms with Crippen LogP contribution in [0.3, 0.4) is 0 Å². The van der Waals surface area contributed by atoms with Crippen molar-refractivity contribution in [2.45, 2.75) is 32.1 Å². The summed E-state index contributed by atoms with van der Waals surface area (Å²) in [5.41, 5.74) is 1.83. The number of rotatable bonds is 8. The van der Waals surface area contributed by atoms with Gasteiger partial charge in [-0.3, -0.25) is 9.59 Å². The summed E-state index contributed by atoms with van der Waals surface area (Å²) in [6.45, 7) is 3.77. The molecule has 0 aliphatic rings. The van der Waals surface area contributed by atoms with Crippen molar-refractivity contribution in [2.24, 2.45) is 0 Å². The fourth-order valence-electron chi connectivity index (χ4n) is 2.35. The maximum absolute atomic E-state index is 12.2. The van der Waals surface area contributed by atoms with Crippen LogP contribution < -0.4 is 10.0 Å². The largest absolute Gasteiger partial charge is 0.455 e. The van der Waals surface area contributed by atoms with Crippen LogP contribution in [0.4, 0.5) is 5.69 Å². The number of nitrogens with one attached hydrogen (secondary N) is 2. The number of esters is 1. The summed E-state index contributed by atoms with van der Waals surface area (Å²) in [6, 6.07) is 7.28. The van der Waals surface area contributed by atoms with Gasteiger partial charge in [0.2, 0.25) is 10.0 Å². The summed E-state index contributed by atoms with van der Waals surface area (Å²) < 4.78 is 36.1. The minimum absolute atomic E-state index is 0.113. The van der Waals surface area contributed by atoms with E-state index in [-0.39, 0.29) is 16.3 Å². The topological polar surface area (TPSA) is 128 Å². The van der Waals surface area contributed by atoms with Crippen LogP contribution >= 0.6 is 0 Å². The van der Waals surface area contributed by atoms with E-state index in [1.807, 2.05) is 25.1 Å². The van der Waals surface area contributed by atoms with Crippen molar-refractivity contribution in [3.63, 3.8) is 0 Å². The van der Waals surface area contributed by atoms with Crippen LogP contribution in [0.25, 0.3) is 0 Å². The van der Waals surface area contributed by atoms with Gasteiger partial charge in [0, 0.05) is 5.69 Å². The average Bonchev–Trinajstić information content (AvgIpc) is 2.97. The smallest absolute Gasteiger partial charge is 0.321 e. The zero-order chi connectivity index (χ0) is 20.0. The number of anilines is 1. The van der Waals surface area contributed by atoms with Gasteiger partial charge in [-0.15, -0.1) is 0 Å². The first-order chi connectivity index (χ1) is 12.7. The van der Waals surface area contributed by atoms with Crippen molar-refractivity contribution >= 4 is 27.6 Å². The van der Waals surface area contributed by atoms with Gasteiger partial charge in [-0.2, -0.15) is 4.72 Å². The molecule has 146 valence electrons. The lowest BCUT2D eigenvalue weighted by Gasteiger charge is -2.08. The molecule has 2 N–H and O–H groups in total. The van der Waals surface area contributed by atoms with Gasteiger partial charge in [0.25, 0.3) is 5.91 Å². The standard InChI is InChI=1S/C17H21N3O6S/c1-4-13-6-5-7-14(8-13)19-15(21)10-25-16(22)9-18-27(23,24)17-11(2)20-26-12(17)3/h5-8,18H,4,9-10H2,1-3H3,(H,19,21). The second-order valence-corrected chi connectivity index (χ2v) is 7.44. The first-order valence-corrected chi connectivity index (χ1v) is 9.68. The van der Waals surface area contributed by atoms with E-state index in [2.05, 4.69) is 15.2 Å². The summed E-state index contributed by atoms with van der Waals surface area (Å²) in [4.78, 5) is 23.4. The Morgan fingerprint density at radius 2 is 2.00 bits per heavy atom. The zero-order valence-corrected chi connectivity index (χ0v) is 16.1. The molecule has 0 unspecified atom stereocenters. The molecule has 27 heavy (non-hydrogen) atoms. The van der Waals surface area contributed by atoms with Crippen molar-refractivity contribution in [3.05, 3.63) is 41.3 Å². The fraction of sp³-hybridized carbons (Fsp3) is 0.353. The number of carbonyl (C=O) groups excluding carboxylic acids is 2. The van der Waals surface area contributed by atoms with Gasteiger partial charge in [-0.05, 0) is 38.0 Å². The highest BCUT2D eigenvalue weighted by Crippen LogP contribution is 2.18. The van der Waals surface area contributed by atoms with E-state index in [0.29, 0.717) is 5.69 Å². The molecule has 9 nitrogen and oxygen atoms in total. The molecule has 1 amide bonds. The maximum atomic E-state index is 12.2. The van der Waals surface area contributed by atoms with E-state index in [1.165, 1.54) is 13.8 Å². The van der Waals surface area contributed by atoms with Crippen molar-refractivity contribution in [3.8, 4) is 0 Å². The van der Waals surface area contributed by atoms with E-state index in [4.69, 9.17) is 9.26 Å². The van der Waals surface area contributed by atoms with Gasteiger partial charge in [-0.25, -0.2) is 8.42 Å². The van der Waals surface area contributed by atoms with Gasteiger partial charge >= 0.3 is 5.97 Å². The van der Waals surface area contributed by atoms with Crippen LogP contribution in [0.5, 0.6) is 0 Å². The first kappa shape index (κ1) is 20.6. The number of aromatic nitrogens is 1. The Bertz CT molecular complexity index is 916. The average molecular weight is 395 g/mol. The SMILES string of the molecule is CCc1cccc(NC(=O)COC(=O)CNS(=O)(=O)c2c(C)noc2C)c1. The molecule has 0 atom stereocenters. The van der Waals surface area contributed by atoms with Gasteiger partial charge in [0.1, 0.15) is 17.1 Å². The number of hydrogen-bond donors (Lipinski definition) is 2. The third-order valence-electron chi connectivity index (χ3n) is 3.63. The monoisotopic (exact) mass is 395 g/mol. The Morgan fingerprint density at radius 3 is 2.63 bits per heavy atom. The van der Waals surface area contributed by atoms with Gasteiger partial charge in [0.05, 0.1) is 0 Å². The van der Waals surface area contributed by atoms with Crippen LogP contribution in [0, 0.1) is 13.8 Å². The lowest BCUT2D eigenvalue weighted by molar-refractivity contribution is -0.146. The van der Waals surface area contributed by atoms with E-state index < -0.39 is 35.1 Å². The Balaban J connectivity index is 1.83. The second kappa shape index (κ2) is 8.78. The van der Waals surface area contributed by atoms with E-state index in [1.54, 1.807) is 6.07 Å². The lowest BCUT2D eigenvalue weighted by Crippen LogP contribution is -2.32. The summed E-state index contributed by atoms with van der Waals surface area (Å²) >= 11 is 0. The molecule has 1 aromatic carbocycles. The van der Waals surface area contributed by atoms with Crippen LogP contribution in [-0.4, -0.2) is 38.6 Å². The molecule has 2 rings (SSSR count). The molecule has 0 saturated carbocycles. The summed E-state index contributed by atoms with van der Waals surface area (Å²) in [5.74, 6) is -1.30. The predicted molar refractivity (Wildman–Crippen MR) is 96.6 cm³/mol. The molecule has 10 heteroatoms. The van der Waals surface area contributed by atoms with Crippen molar-refractivity contribution in [1.29, 1.82) is 0 Å². The number of sulfonamides is 1. The van der Waals surface area contributed by atoms with Crippen LogP contribution in [0.2, 0.25) is 0 Å². The van der Waals surface area contributed by atoms with Crippen LogP contribution in [0.1, 0.15) is 23.9 Å². The molecule has 1 heterocycles. The van der Waals surface area contributed by atoms with E-state index >= 15 is 0 Å². The Labute approximate surface area is 157 Å². The highest BCUT2D eigenvalue weighted by atomic mass is 32.2. The third-order valence-corrected chi connectivity index (χ3v) is 5.27. The lowest BCUT2D eigenvalue weighted by atomic mass is 10.1. The number of benzene rings is 1. The summed E-state index contributed by atoms with van der Waals surface area (Å²) in [5, 5.41) is 6.16. The normalized spacial score (nSPS) is 11.2. The molecule has 0 bridgehead atoms. The minimum Gasteiger partial charge on any atom is -0.455 e. The zero-order valence-electron chi connectivity index (χ0n) is 15.2. The Kier molecular flexibility index (Phi) is 6.70. The Morgan fingerprint density at radius 1 is 1.26 bits per heavy atom. The number of carbonyl (C=O) groups is 2. The summed E-state index contributed by atoms with van der Waals surface area (Å²) in [7, 11) is -3.98. The highest BCUT2D eigenvalue weighted by Gasteiger charge is 2.25. The molecular weight excluding hydrogens is 374 g/mol. The minimum atomic E-state index is -3.98. The fourth-order valence-corrected chi connectivity index (χ4v) is 3.64. The summed E-state index contributed by atoms with van der Waals surface area (Å²) in [6.07, 6.45) is 0.823. The molecule has 0 aliphatic heterocycles. The van der Waals surface area contributed by atoms with E-state index in [0.717, 1.165) is 12.0 Å². The first-order valence-electron chi connectivity index (χ1n) is 8.20. The number of ether oxygens (including phenoxy) is 1. The van der Waals surface area contributed by atoms with Gasteiger partial charge in [0.15, 0.2) is 12.4 Å². The van der Waals surface area contributed by atoms with Crippen LogP contribution in [0.15, 0.2) is 33.7 Å².